The van der Waals surface area contributed by atoms with Crippen LogP contribution < -0.4 is 4.90 Å². The molecule has 2 aromatic rings. The van der Waals surface area contributed by atoms with Gasteiger partial charge in [0.15, 0.2) is 0 Å². The van der Waals surface area contributed by atoms with Gasteiger partial charge in [0.05, 0.1) is 17.9 Å². The molecule has 5 nitrogen and oxygen atoms in total. The fourth-order valence-electron chi connectivity index (χ4n) is 3.15. The van der Waals surface area contributed by atoms with Crippen molar-refractivity contribution in [2.45, 2.75) is 32.7 Å². The van der Waals surface area contributed by atoms with Crippen LogP contribution in [0, 0.1) is 5.41 Å². The van der Waals surface area contributed by atoms with E-state index in [9.17, 15) is 0 Å². The zero-order valence-electron chi connectivity index (χ0n) is 13.0. The summed E-state index contributed by atoms with van der Waals surface area (Å²) in [5.41, 5.74) is 3.74. The van der Waals surface area contributed by atoms with Crippen molar-refractivity contribution in [2.75, 3.05) is 18.0 Å². The number of anilines is 1. The maximum absolute atomic E-state index is 4.78. The van der Waals surface area contributed by atoms with Gasteiger partial charge in [0.1, 0.15) is 5.82 Å². The largest absolute Gasteiger partial charge is 0.355 e. The summed E-state index contributed by atoms with van der Waals surface area (Å²) < 4.78 is 1.87. The Hall–Kier alpha value is -2.17. The molecule has 22 heavy (non-hydrogen) atoms. The molecule has 114 valence electrons. The van der Waals surface area contributed by atoms with Crippen LogP contribution in [0.25, 0.3) is 6.08 Å². The molecular weight excluding hydrogens is 274 g/mol. The number of pyridine rings is 1. The van der Waals surface area contributed by atoms with E-state index in [-0.39, 0.29) is 0 Å². The zero-order chi connectivity index (χ0) is 15.2. The highest BCUT2D eigenvalue weighted by atomic mass is 15.4. The van der Waals surface area contributed by atoms with E-state index in [1.165, 1.54) is 25.9 Å². The van der Waals surface area contributed by atoms with Crippen LogP contribution in [0.2, 0.25) is 0 Å². The average Bonchev–Trinajstić information content (AvgIpc) is 3.19. The maximum atomic E-state index is 4.78. The molecule has 5 heteroatoms. The Morgan fingerprint density at radius 1 is 1.32 bits per heavy atom. The van der Waals surface area contributed by atoms with Crippen LogP contribution in [-0.4, -0.2) is 33.1 Å². The molecule has 0 atom stereocenters. The second-order valence-corrected chi connectivity index (χ2v) is 6.54. The van der Waals surface area contributed by atoms with Gasteiger partial charge in [0.25, 0.3) is 0 Å². The molecule has 1 saturated carbocycles. The number of hydrogen-bond acceptors (Lipinski definition) is 4. The van der Waals surface area contributed by atoms with E-state index in [1.54, 1.807) is 0 Å². The molecule has 0 aromatic carbocycles. The number of aromatic nitrogens is 4. The van der Waals surface area contributed by atoms with Crippen LogP contribution in [0.1, 0.15) is 36.7 Å². The van der Waals surface area contributed by atoms with Gasteiger partial charge in [0.2, 0.25) is 0 Å². The monoisotopic (exact) mass is 295 g/mol. The average molecular weight is 295 g/mol. The molecule has 1 aliphatic heterocycles. The lowest BCUT2D eigenvalue weighted by Crippen LogP contribution is -2.48. The predicted octanol–water partition coefficient (Wildman–Crippen LogP) is 2.53. The normalized spacial score (nSPS) is 18.3. The minimum Gasteiger partial charge on any atom is -0.355 e. The van der Waals surface area contributed by atoms with Crippen LogP contribution in [0.4, 0.5) is 5.82 Å². The third-order valence-electron chi connectivity index (χ3n) is 4.81. The van der Waals surface area contributed by atoms with E-state index in [1.807, 2.05) is 17.0 Å². The summed E-state index contributed by atoms with van der Waals surface area (Å²) in [7, 11) is 0. The Morgan fingerprint density at radius 2 is 2.14 bits per heavy atom. The summed E-state index contributed by atoms with van der Waals surface area (Å²) in [6, 6.07) is 4.26. The molecule has 0 amide bonds. The van der Waals surface area contributed by atoms with E-state index in [4.69, 9.17) is 4.98 Å². The number of aryl methyl sites for hydroxylation is 1. The summed E-state index contributed by atoms with van der Waals surface area (Å²) in [6.45, 7) is 9.01. The lowest BCUT2D eigenvalue weighted by atomic mass is 9.97. The topological polar surface area (TPSA) is 46.8 Å². The van der Waals surface area contributed by atoms with Gasteiger partial charge in [-0.1, -0.05) is 24.8 Å². The molecule has 0 unspecified atom stereocenters. The first-order valence-corrected chi connectivity index (χ1v) is 7.98. The van der Waals surface area contributed by atoms with E-state index in [0.717, 1.165) is 29.2 Å². The van der Waals surface area contributed by atoms with Crippen LogP contribution >= 0.6 is 0 Å². The van der Waals surface area contributed by atoms with Crippen LogP contribution in [-0.2, 0) is 13.0 Å². The van der Waals surface area contributed by atoms with Gasteiger partial charge in [-0.2, -0.15) is 0 Å². The summed E-state index contributed by atoms with van der Waals surface area (Å²) in [5, 5.41) is 8.30. The molecule has 0 radical (unpaired) electrons. The number of hydrogen-bond donors (Lipinski definition) is 0. The molecule has 0 bridgehead atoms. The summed E-state index contributed by atoms with van der Waals surface area (Å²) in [4.78, 5) is 7.15. The first-order valence-electron chi connectivity index (χ1n) is 7.98. The lowest BCUT2D eigenvalue weighted by Gasteiger charge is -2.41. The molecule has 2 aliphatic rings. The van der Waals surface area contributed by atoms with Gasteiger partial charge in [-0.15, -0.1) is 5.10 Å². The zero-order valence-corrected chi connectivity index (χ0v) is 13.0. The van der Waals surface area contributed by atoms with Crippen molar-refractivity contribution < 1.29 is 0 Å². The van der Waals surface area contributed by atoms with Gasteiger partial charge in [-0.05, 0) is 37.0 Å². The second kappa shape index (κ2) is 4.93. The summed E-state index contributed by atoms with van der Waals surface area (Å²) >= 11 is 0. The Balaban J connectivity index is 1.53. The fraction of sp³-hybridized carbons (Fsp3) is 0.471. The first-order chi connectivity index (χ1) is 10.7. The van der Waals surface area contributed by atoms with Crippen molar-refractivity contribution in [3.8, 4) is 0 Å². The molecule has 1 spiro atoms. The quantitative estimate of drug-likeness (QED) is 0.850. The van der Waals surface area contributed by atoms with E-state index < -0.39 is 0 Å². The molecule has 2 aromatic heterocycles. The second-order valence-electron chi connectivity index (χ2n) is 6.54. The molecular formula is C17H21N5. The molecule has 4 rings (SSSR count). The Kier molecular flexibility index (Phi) is 3.03. The predicted molar refractivity (Wildman–Crippen MR) is 86.7 cm³/mol. The maximum Gasteiger partial charge on any atom is 0.129 e. The van der Waals surface area contributed by atoms with Crippen LogP contribution in [0.5, 0.6) is 0 Å². The lowest BCUT2D eigenvalue weighted by molar-refractivity contribution is 0.384. The van der Waals surface area contributed by atoms with Crippen LogP contribution in [0.3, 0.4) is 0 Å². The van der Waals surface area contributed by atoms with Crippen molar-refractivity contribution in [3.05, 3.63) is 41.9 Å². The fourth-order valence-corrected chi connectivity index (χ4v) is 3.15. The Labute approximate surface area is 130 Å². The standard InChI is InChI=1S/C17H21N5/c1-3-14-10-22(20-19-14)9-13-5-6-16(18-15(13)4-2)21-11-17(12-21)7-8-17/h4-6,10H,2-3,7-9,11-12H2,1H3. The SMILES string of the molecule is C=Cc1nc(N2CC3(CC3)C2)ccc1Cn1cc(CC)nn1. The molecule has 1 saturated heterocycles. The van der Waals surface area contributed by atoms with Crippen molar-refractivity contribution in [3.63, 3.8) is 0 Å². The van der Waals surface area contributed by atoms with Crippen LogP contribution in [0.15, 0.2) is 24.9 Å². The minimum absolute atomic E-state index is 0.645. The third-order valence-corrected chi connectivity index (χ3v) is 4.81. The summed E-state index contributed by atoms with van der Waals surface area (Å²) in [6.07, 6.45) is 7.52. The first kappa shape index (κ1) is 13.5. The Morgan fingerprint density at radius 3 is 2.77 bits per heavy atom. The van der Waals surface area contributed by atoms with Crippen molar-refractivity contribution in [1.82, 2.24) is 20.0 Å². The third kappa shape index (κ3) is 2.30. The number of nitrogens with zero attached hydrogens (tertiary/aromatic N) is 5. The number of rotatable bonds is 5. The minimum atomic E-state index is 0.645. The molecule has 2 fully saturated rings. The highest BCUT2D eigenvalue weighted by molar-refractivity contribution is 5.54. The van der Waals surface area contributed by atoms with Gasteiger partial charge < -0.3 is 4.90 Å². The van der Waals surface area contributed by atoms with Gasteiger partial charge in [0, 0.05) is 24.7 Å². The molecule has 3 heterocycles. The summed E-state index contributed by atoms with van der Waals surface area (Å²) in [5.74, 6) is 1.07. The van der Waals surface area contributed by atoms with Crippen molar-refractivity contribution in [2.24, 2.45) is 5.41 Å². The van der Waals surface area contributed by atoms with E-state index in [2.05, 4.69) is 40.8 Å². The highest BCUT2D eigenvalue weighted by Crippen LogP contribution is 2.53. The Bertz CT molecular complexity index is 706. The van der Waals surface area contributed by atoms with Gasteiger partial charge >= 0.3 is 0 Å². The van der Waals surface area contributed by atoms with E-state index in [0.29, 0.717) is 12.0 Å². The highest BCUT2D eigenvalue weighted by Gasteiger charge is 2.52. The molecule has 1 aliphatic carbocycles. The van der Waals surface area contributed by atoms with E-state index >= 15 is 0 Å². The van der Waals surface area contributed by atoms with Gasteiger partial charge in [-0.25, -0.2) is 9.67 Å². The van der Waals surface area contributed by atoms with Crippen molar-refractivity contribution >= 4 is 11.9 Å². The van der Waals surface area contributed by atoms with Gasteiger partial charge in [-0.3, -0.25) is 0 Å². The smallest absolute Gasteiger partial charge is 0.129 e. The molecule has 0 N–H and O–H groups in total. The van der Waals surface area contributed by atoms with Crippen molar-refractivity contribution in [1.29, 1.82) is 0 Å².